The Balaban J connectivity index is -0.000000256. The van der Waals surface area contributed by atoms with Gasteiger partial charge in [-0.3, -0.25) is 0 Å². The molecule has 1 atom stereocenters. The Morgan fingerprint density at radius 1 is 0.737 bits per heavy atom. The molecule has 0 heterocycles. The Kier molecular flexibility index (Phi) is 21.5. The van der Waals surface area contributed by atoms with E-state index in [4.69, 9.17) is 0 Å². The standard InChI is InChI=1S/C9H20.C8H18N.V/c1-8(2)6-5-7-9(3)4;1-5-9-8(4)6-7(2)3;/h8-9H,5-7H2,1-4H3;7-8H,5-6H2,1-4H3;/q;-1;. The monoisotopic (exact) mass is 307 g/mol. The van der Waals surface area contributed by atoms with E-state index >= 15 is 0 Å². The van der Waals surface area contributed by atoms with Gasteiger partial charge in [0.1, 0.15) is 0 Å². The summed E-state index contributed by atoms with van der Waals surface area (Å²) in [5, 5.41) is 4.36. The van der Waals surface area contributed by atoms with E-state index in [0.29, 0.717) is 6.04 Å². The van der Waals surface area contributed by atoms with E-state index in [1.807, 2.05) is 0 Å². The molecule has 1 unspecified atom stereocenters. The fraction of sp³-hybridized carbons (Fsp3) is 1.00. The van der Waals surface area contributed by atoms with E-state index in [9.17, 15) is 0 Å². The third-order valence-corrected chi connectivity index (χ3v) is 2.87. The van der Waals surface area contributed by atoms with Crippen molar-refractivity contribution in [3.05, 3.63) is 5.32 Å². The summed E-state index contributed by atoms with van der Waals surface area (Å²) in [4.78, 5) is 0. The maximum Gasteiger partial charge on any atom is 0 e. The SMILES string of the molecule is CC(C)CCCC(C)C.CC[N-]C(C)CC(C)C.[V]. The smallest absolute Gasteiger partial charge is 0 e. The Hall–Kier alpha value is 0.544. The second kappa shape index (κ2) is 16.6. The van der Waals surface area contributed by atoms with Gasteiger partial charge >= 0.3 is 0 Å². The zero-order valence-corrected chi connectivity index (χ0v) is 16.1. The molecule has 0 aromatic rings. The molecule has 0 aromatic heterocycles. The average Bonchev–Trinajstić information content (AvgIpc) is 2.16. The molecule has 2 heteroatoms. The molecule has 0 aromatic carbocycles. The van der Waals surface area contributed by atoms with Crippen LogP contribution in [0.5, 0.6) is 0 Å². The van der Waals surface area contributed by atoms with Crippen LogP contribution in [0.2, 0.25) is 0 Å². The van der Waals surface area contributed by atoms with E-state index in [2.05, 4.69) is 60.7 Å². The maximum atomic E-state index is 4.36. The van der Waals surface area contributed by atoms with Crippen molar-refractivity contribution in [1.82, 2.24) is 0 Å². The second-order valence-electron chi connectivity index (χ2n) is 6.70. The minimum absolute atomic E-state index is 0. The summed E-state index contributed by atoms with van der Waals surface area (Å²) >= 11 is 0. The first-order valence-corrected chi connectivity index (χ1v) is 7.96. The summed E-state index contributed by atoms with van der Waals surface area (Å²) in [6.45, 7) is 18.9. The largest absolute Gasteiger partial charge is 0.660 e. The molecule has 1 radical (unpaired) electrons. The molecule has 0 N–H and O–H groups in total. The van der Waals surface area contributed by atoms with E-state index in [1.54, 1.807) is 0 Å². The van der Waals surface area contributed by atoms with Gasteiger partial charge in [0.05, 0.1) is 0 Å². The predicted octanol–water partition coefficient (Wildman–Crippen LogP) is 6.28. The van der Waals surface area contributed by atoms with Crippen LogP contribution in [0.3, 0.4) is 0 Å². The van der Waals surface area contributed by atoms with E-state index < -0.39 is 0 Å². The van der Waals surface area contributed by atoms with Crippen LogP contribution in [-0.4, -0.2) is 12.6 Å². The maximum absolute atomic E-state index is 4.36. The van der Waals surface area contributed by atoms with Crippen molar-refractivity contribution in [2.24, 2.45) is 17.8 Å². The number of rotatable bonds is 8. The number of nitrogens with zero attached hydrogens (tertiary/aromatic N) is 1. The van der Waals surface area contributed by atoms with Gasteiger partial charge in [-0.05, 0) is 17.8 Å². The number of hydrogen-bond donors (Lipinski definition) is 0. The second-order valence-corrected chi connectivity index (χ2v) is 6.70. The van der Waals surface area contributed by atoms with Gasteiger partial charge in [-0.25, -0.2) is 0 Å². The third kappa shape index (κ3) is 27.7. The summed E-state index contributed by atoms with van der Waals surface area (Å²) in [5.74, 6) is 2.57. The topological polar surface area (TPSA) is 14.1 Å². The van der Waals surface area contributed by atoms with Crippen molar-refractivity contribution in [1.29, 1.82) is 0 Å². The molecular weight excluding hydrogens is 269 g/mol. The fourth-order valence-electron chi connectivity index (χ4n) is 2.00. The Morgan fingerprint density at radius 3 is 1.42 bits per heavy atom. The first kappa shape index (κ1) is 24.6. The molecule has 1 nitrogen and oxygen atoms in total. The first-order valence-electron chi connectivity index (χ1n) is 7.96. The van der Waals surface area contributed by atoms with E-state index in [0.717, 1.165) is 24.3 Å². The molecule has 0 saturated carbocycles. The van der Waals surface area contributed by atoms with Crippen LogP contribution in [-0.2, 0) is 18.6 Å². The minimum Gasteiger partial charge on any atom is -0.660 e. The molecule has 0 rings (SSSR count). The predicted molar refractivity (Wildman–Crippen MR) is 86.3 cm³/mol. The fourth-order valence-corrected chi connectivity index (χ4v) is 2.00. The molecule has 0 aliphatic rings. The molecule has 19 heavy (non-hydrogen) atoms. The Morgan fingerprint density at radius 2 is 1.16 bits per heavy atom. The Labute approximate surface area is 135 Å². The van der Waals surface area contributed by atoms with Gasteiger partial charge < -0.3 is 5.32 Å². The van der Waals surface area contributed by atoms with Crippen LogP contribution in [0.25, 0.3) is 5.32 Å². The summed E-state index contributed by atoms with van der Waals surface area (Å²) in [6, 6.07) is 0.565. The molecule has 0 aliphatic carbocycles. The summed E-state index contributed by atoms with van der Waals surface area (Å²) in [5.41, 5.74) is 0. The van der Waals surface area contributed by atoms with Crippen molar-refractivity contribution >= 4 is 0 Å². The quantitative estimate of drug-likeness (QED) is 0.501. The van der Waals surface area contributed by atoms with Gasteiger partial charge in [-0.1, -0.05) is 81.1 Å². The van der Waals surface area contributed by atoms with Crippen molar-refractivity contribution in [2.45, 2.75) is 87.1 Å². The number of hydrogen-bond acceptors (Lipinski definition) is 0. The van der Waals surface area contributed by atoms with Crippen LogP contribution < -0.4 is 0 Å². The van der Waals surface area contributed by atoms with Gasteiger partial charge in [0.2, 0.25) is 0 Å². The summed E-state index contributed by atoms with van der Waals surface area (Å²) in [7, 11) is 0. The van der Waals surface area contributed by atoms with Crippen molar-refractivity contribution in [3.8, 4) is 0 Å². The van der Waals surface area contributed by atoms with Gasteiger partial charge in [-0.15, -0.1) is 6.04 Å². The normalized spacial score (nSPS) is 12.2. The van der Waals surface area contributed by atoms with Gasteiger partial charge in [0.25, 0.3) is 0 Å². The molecule has 0 bridgehead atoms. The van der Waals surface area contributed by atoms with E-state index in [1.165, 1.54) is 25.7 Å². The summed E-state index contributed by atoms with van der Waals surface area (Å²) in [6.07, 6.45) is 5.44. The molecule has 0 fully saturated rings. The van der Waals surface area contributed by atoms with Gasteiger partial charge in [-0.2, -0.15) is 6.54 Å². The van der Waals surface area contributed by atoms with Crippen molar-refractivity contribution in [2.75, 3.05) is 6.54 Å². The van der Waals surface area contributed by atoms with Gasteiger partial charge in [0, 0.05) is 18.6 Å². The summed E-state index contributed by atoms with van der Waals surface area (Å²) < 4.78 is 0. The van der Waals surface area contributed by atoms with Crippen LogP contribution in [0.1, 0.15) is 81.1 Å². The average molecular weight is 307 g/mol. The first-order chi connectivity index (χ1) is 8.29. The van der Waals surface area contributed by atoms with Crippen LogP contribution in [0.15, 0.2) is 0 Å². The van der Waals surface area contributed by atoms with Crippen molar-refractivity contribution in [3.63, 3.8) is 0 Å². The molecular formula is C17H38NV-. The minimum atomic E-state index is 0. The van der Waals surface area contributed by atoms with Gasteiger partial charge in [0.15, 0.2) is 0 Å². The Bertz CT molecular complexity index is 147. The van der Waals surface area contributed by atoms with E-state index in [-0.39, 0.29) is 18.6 Å². The third-order valence-electron chi connectivity index (χ3n) is 2.87. The zero-order valence-electron chi connectivity index (χ0n) is 14.7. The molecule has 117 valence electrons. The molecule has 0 saturated heterocycles. The van der Waals surface area contributed by atoms with Crippen LogP contribution in [0, 0.1) is 17.8 Å². The molecule has 0 aliphatic heterocycles. The molecule has 0 spiro atoms. The van der Waals surface area contributed by atoms with Crippen LogP contribution in [0.4, 0.5) is 0 Å². The molecule has 0 amide bonds. The van der Waals surface area contributed by atoms with Crippen LogP contribution >= 0.6 is 0 Å². The van der Waals surface area contributed by atoms with Crippen molar-refractivity contribution < 1.29 is 18.6 Å². The zero-order chi connectivity index (χ0) is 14.6.